The van der Waals surface area contributed by atoms with E-state index in [1.165, 1.54) is 28.6 Å². The van der Waals surface area contributed by atoms with Crippen LogP contribution in [-0.4, -0.2) is 30.0 Å². The van der Waals surface area contributed by atoms with E-state index in [9.17, 15) is 9.59 Å². The second-order valence-electron chi connectivity index (χ2n) is 5.23. The third-order valence-electron chi connectivity index (χ3n) is 3.45. The van der Waals surface area contributed by atoms with Gasteiger partial charge in [-0.3, -0.25) is 9.69 Å². The lowest BCUT2D eigenvalue weighted by Gasteiger charge is -2.17. The lowest BCUT2D eigenvalue weighted by atomic mass is 10.2. The summed E-state index contributed by atoms with van der Waals surface area (Å²) in [5.74, 6) is -1.03. The van der Waals surface area contributed by atoms with Gasteiger partial charge in [-0.15, -0.1) is 17.9 Å². The van der Waals surface area contributed by atoms with Crippen LogP contribution in [-0.2, 0) is 9.53 Å². The monoisotopic (exact) mass is 368 g/mol. The number of amides is 1. The Hall–Kier alpha value is -3.19. The Balaban J connectivity index is 1.70. The molecule has 7 heteroatoms. The van der Waals surface area contributed by atoms with Crippen LogP contribution in [0.2, 0.25) is 0 Å². The Morgan fingerprint density at radius 2 is 2.04 bits per heavy atom. The quantitative estimate of drug-likeness (QED) is 0.469. The Bertz CT molecular complexity index is 887. The number of thiazole rings is 1. The maximum absolute atomic E-state index is 12.5. The van der Waals surface area contributed by atoms with Crippen molar-refractivity contribution in [1.82, 2.24) is 4.98 Å². The molecule has 26 heavy (non-hydrogen) atoms. The molecule has 1 aromatic carbocycles. The molecule has 0 bridgehead atoms. The first kappa shape index (κ1) is 17.6. The molecular formula is C19H16N2O4S. The maximum atomic E-state index is 12.5. The van der Waals surface area contributed by atoms with Gasteiger partial charge in [-0.1, -0.05) is 36.4 Å². The van der Waals surface area contributed by atoms with Gasteiger partial charge in [-0.2, -0.15) is 0 Å². The van der Waals surface area contributed by atoms with Crippen LogP contribution in [0.3, 0.4) is 0 Å². The van der Waals surface area contributed by atoms with E-state index >= 15 is 0 Å². The molecule has 3 rings (SSSR count). The second-order valence-corrected chi connectivity index (χ2v) is 6.06. The summed E-state index contributed by atoms with van der Waals surface area (Å²) in [5, 5.41) is 2.39. The van der Waals surface area contributed by atoms with E-state index in [2.05, 4.69) is 11.6 Å². The molecule has 0 N–H and O–H groups in total. The van der Waals surface area contributed by atoms with Gasteiger partial charge in [0, 0.05) is 17.5 Å². The first-order valence-corrected chi connectivity index (χ1v) is 8.70. The fraction of sp³-hybridized carbons (Fsp3) is 0.105. The Kier molecular flexibility index (Phi) is 5.60. The highest BCUT2D eigenvalue weighted by Gasteiger charge is 2.21. The number of nitrogens with zero attached hydrogens (tertiary/aromatic N) is 2. The average molecular weight is 368 g/mol. The molecule has 0 fully saturated rings. The van der Waals surface area contributed by atoms with Gasteiger partial charge in [0.05, 0.1) is 12.0 Å². The zero-order chi connectivity index (χ0) is 18.4. The van der Waals surface area contributed by atoms with Gasteiger partial charge in [0.15, 0.2) is 11.7 Å². The molecule has 0 saturated heterocycles. The molecule has 2 aromatic heterocycles. The van der Waals surface area contributed by atoms with Crippen molar-refractivity contribution < 1.29 is 18.7 Å². The van der Waals surface area contributed by atoms with E-state index in [-0.39, 0.29) is 12.3 Å². The SMILES string of the molecule is C=CCN(C(=O)COC(=O)c1ccco1)c1nc(-c2ccccc2)cs1. The lowest BCUT2D eigenvalue weighted by molar-refractivity contribution is -0.121. The Labute approximate surface area is 154 Å². The summed E-state index contributed by atoms with van der Waals surface area (Å²) < 4.78 is 9.95. The summed E-state index contributed by atoms with van der Waals surface area (Å²) >= 11 is 1.34. The number of rotatable bonds is 7. The standard InChI is InChI=1S/C19H16N2O4S/c1-2-10-21(17(22)12-25-18(23)16-9-6-11-24-16)19-20-15(13-26-19)14-7-4-3-5-8-14/h2-9,11,13H,1,10,12H2. The zero-order valence-electron chi connectivity index (χ0n) is 13.8. The van der Waals surface area contributed by atoms with E-state index in [1.54, 1.807) is 12.1 Å². The van der Waals surface area contributed by atoms with Crippen molar-refractivity contribution in [3.05, 3.63) is 72.5 Å². The fourth-order valence-electron chi connectivity index (χ4n) is 2.22. The molecule has 0 spiro atoms. The molecule has 0 aliphatic heterocycles. The summed E-state index contributed by atoms with van der Waals surface area (Å²) in [6.45, 7) is 3.52. The minimum absolute atomic E-state index is 0.0497. The fourth-order valence-corrected chi connectivity index (χ4v) is 3.08. The van der Waals surface area contributed by atoms with E-state index < -0.39 is 18.5 Å². The summed E-state index contributed by atoms with van der Waals surface area (Å²) in [6, 6.07) is 12.7. The van der Waals surface area contributed by atoms with Crippen LogP contribution in [0.5, 0.6) is 0 Å². The van der Waals surface area contributed by atoms with Crippen molar-refractivity contribution in [3.63, 3.8) is 0 Å². The minimum Gasteiger partial charge on any atom is -0.457 e. The highest BCUT2D eigenvalue weighted by atomic mass is 32.1. The number of aromatic nitrogens is 1. The molecule has 0 atom stereocenters. The van der Waals surface area contributed by atoms with Crippen molar-refractivity contribution in [2.24, 2.45) is 0 Å². The van der Waals surface area contributed by atoms with Gasteiger partial charge in [-0.05, 0) is 12.1 Å². The predicted molar refractivity (Wildman–Crippen MR) is 99.1 cm³/mol. The first-order chi connectivity index (χ1) is 12.7. The Morgan fingerprint density at radius 3 is 2.73 bits per heavy atom. The third-order valence-corrected chi connectivity index (χ3v) is 4.32. The van der Waals surface area contributed by atoms with Crippen molar-refractivity contribution in [3.8, 4) is 11.3 Å². The molecule has 3 aromatic rings. The lowest BCUT2D eigenvalue weighted by Crippen LogP contribution is -2.34. The number of benzene rings is 1. The molecule has 0 saturated carbocycles. The van der Waals surface area contributed by atoms with Gasteiger partial charge in [0.2, 0.25) is 5.76 Å². The second kappa shape index (κ2) is 8.26. The van der Waals surface area contributed by atoms with E-state index in [0.717, 1.165) is 11.3 Å². The van der Waals surface area contributed by atoms with Crippen LogP contribution in [0.4, 0.5) is 5.13 Å². The number of hydrogen-bond acceptors (Lipinski definition) is 6. The Morgan fingerprint density at radius 1 is 1.23 bits per heavy atom. The largest absolute Gasteiger partial charge is 0.457 e. The normalized spacial score (nSPS) is 10.3. The van der Waals surface area contributed by atoms with Crippen LogP contribution in [0.25, 0.3) is 11.3 Å². The summed E-state index contributed by atoms with van der Waals surface area (Å²) in [4.78, 5) is 30.2. The molecule has 2 heterocycles. The third kappa shape index (κ3) is 4.07. The number of carbonyl (C=O) groups is 2. The number of anilines is 1. The van der Waals surface area contributed by atoms with Crippen molar-refractivity contribution in [2.75, 3.05) is 18.1 Å². The van der Waals surface area contributed by atoms with E-state index in [0.29, 0.717) is 5.13 Å². The molecule has 0 aliphatic carbocycles. The van der Waals surface area contributed by atoms with Gasteiger partial charge in [-0.25, -0.2) is 9.78 Å². The van der Waals surface area contributed by atoms with Crippen molar-refractivity contribution in [2.45, 2.75) is 0 Å². The molecule has 0 aliphatic rings. The molecule has 6 nitrogen and oxygen atoms in total. The number of hydrogen-bond donors (Lipinski definition) is 0. The van der Waals surface area contributed by atoms with Crippen LogP contribution >= 0.6 is 11.3 Å². The van der Waals surface area contributed by atoms with Crippen LogP contribution in [0, 0.1) is 0 Å². The number of ether oxygens (including phenoxy) is 1. The summed E-state index contributed by atoms with van der Waals surface area (Å²) in [7, 11) is 0. The highest BCUT2D eigenvalue weighted by Crippen LogP contribution is 2.27. The number of esters is 1. The summed E-state index contributed by atoms with van der Waals surface area (Å²) in [6.07, 6.45) is 2.96. The molecular weight excluding hydrogens is 352 g/mol. The van der Waals surface area contributed by atoms with Crippen LogP contribution in [0.1, 0.15) is 10.6 Å². The molecule has 132 valence electrons. The van der Waals surface area contributed by atoms with Gasteiger partial charge >= 0.3 is 5.97 Å². The predicted octanol–water partition coefficient (Wildman–Crippen LogP) is 3.78. The topological polar surface area (TPSA) is 72.6 Å². The van der Waals surface area contributed by atoms with Crippen LogP contribution < -0.4 is 4.90 Å². The van der Waals surface area contributed by atoms with Gasteiger partial charge < -0.3 is 9.15 Å². The van der Waals surface area contributed by atoms with Crippen LogP contribution in [0.15, 0.2) is 71.2 Å². The zero-order valence-corrected chi connectivity index (χ0v) is 14.6. The maximum Gasteiger partial charge on any atom is 0.374 e. The number of carbonyl (C=O) groups excluding carboxylic acids is 2. The minimum atomic E-state index is -0.689. The highest BCUT2D eigenvalue weighted by molar-refractivity contribution is 7.14. The molecule has 1 amide bonds. The van der Waals surface area contributed by atoms with E-state index in [4.69, 9.17) is 9.15 Å². The smallest absolute Gasteiger partial charge is 0.374 e. The van der Waals surface area contributed by atoms with E-state index in [1.807, 2.05) is 35.7 Å². The van der Waals surface area contributed by atoms with Gasteiger partial charge in [0.25, 0.3) is 5.91 Å². The van der Waals surface area contributed by atoms with Crippen molar-refractivity contribution >= 4 is 28.3 Å². The van der Waals surface area contributed by atoms with Crippen molar-refractivity contribution in [1.29, 1.82) is 0 Å². The van der Waals surface area contributed by atoms with Gasteiger partial charge in [0.1, 0.15) is 0 Å². The summed E-state index contributed by atoms with van der Waals surface area (Å²) in [5.41, 5.74) is 1.74. The first-order valence-electron chi connectivity index (χ1n) is 7.82. The molecule has 0 unspecified atom stereocenters. The average Bonchev–Trinajstić information content (AvgIpc) is 3.36. The number of furan rings is 1. The molecule has 0 radical (unpaired) electrons.